The Morgan fingerprint density at radius 1 is 1.29 bits per heavy atom. The molecule has 2 bridgehead atoms. The summed E-state index contributed by atoms with van der Waals surface area (Å²) in [5.41, 5.74) is -0.404. The van der Waals surface area contributed by atoms with E-state index in [9.17, 15) is 9.90 Å². The Kier molecular flexibility index (Phi) is 1.91. The molecule has 0 aromatic rings. The van der Waals surface area contributed by atoms with Crippen LogP contribution >= 0.6 is 0 Å². The lowest BCUT2D eigenvalue weighted by atomic mass is 9.62. The normalized spacial score (nSPS) is 42.9. The first kappa shape index (κ1) is 10.9. The minimum absolute atomic E-state index is 0.0822. The van der Waals surface area contributed by atoms with Crippen molar-refractivity contribution in [3.63, 3.8) is 0 Å². The van der Waals surface area contributed by atoms with Gasteiger partial charge < -0.3 is 14.6 Å². The molecule has 4 heteroatoms. The van der Waals surface area contributed by atoms with E-state index in [2.05, 4.69) is 0 Å². The fourth-order valence-electron chi connectivity index (χ4n) is 3.66. The summed E-state index contributed by atoms with van der Waals surface area (Å²) in [4.78, 5) is 11.9. The van der Waals surface area contributed by atoms with Crippen LogP contribution in [0.5, 0.6) is 0 Å². The average Bonchev–Trinajstić information content (AvgIpc) is 2.12. The highest BCUT2D eigenvalue weighted by molar-refractivity contribution is 5.91. The average molecular weight is 238 g/mol. The smallest absolute Gasteiger partial charge is 0.342 e. The predicted molar refractivity (Wildman–Crippen MR) is 60.1 cm³/mol. The predicted octanol–water partition coefficient (Wildman–Crippen LogP) is 2.30. The van der Waals surface area contributed by atoms with E-state index >= 15 is 0 Å². The van der Waals surface area contributed by atoms with E-state index in [-0.39, 0.29) is 23.4 Å². The Bertz CT molecular complexity index is 423. The second-order valence-electron chi connectivity index (χ2n) is 6.22. The second-order valence-corrected chi connectivity index (χ2v) is 6.22. The van der Waals surface area contributed by atoms with Crippen molar-refractivity contribution in [3.05, 3.63) is 11.5 Å². The van der Waals surface area contributed by atoms with Gasteiger partial charge in [-0.2, -0.15) is 0 Å². The van der Waals surface area contributed by atoms with Crippen molar-refractivity contribution in [1.82, 2.24) is 0 Å². The quantitative estimate of drug-likeness (QED) is 0.658. The van der Waals surface area contributed by atoms with Gasteiger partial charge >= 0.3 is 5.97 Å². The van der Waals surface area contributed by atoms with Gasteiger partial charge in [0.25, 0.3) is 5.95 Å². The van der Waals surface area contributed by atoms with Gasteiger partial charge in [-0.15, -0.1) is 0 Å². The van der Waals surface area contributed by atoms with Crippen molar-refractivity contribution in [3.8, 4) is 0 Å². The Morgan fingerprint density at radius 2 is 2.00 bits per heavy atom. The van der Waals surface area contributed by atoms with Gasteiger partial charge in [0.15, 0.2) is 0 Å². The molecule has 3 unspecified atom stereocenters. The molecule has 2 fully saturated rings. The van der Waals surface area contributed by atoms with Crippen LogP contribution in [-0.4, -0.2) is 22.3 Å². The number of aliphatic hydroxyl groups excluding tert-OH is 1. The van der Waals surface area contributed by atoms with Gasteiger partial charge in [0.2, 0.25) is 0 Å². The topological polar surface area (TPSA) is 55.8 Å². The van der Waals surface area contributed by atoms with E-state index < -0.39 is 11.6 Å². The van der Waals surface area contributed by atoms with E-state index in [0.29, 0.717) is 5.57 Å². The van der Waals surface area contributed by atoms with Gasteiger partial charge in [0.1, 0.15) is 16.8 Å². The molecule has 94 valence electrons. The molecule has 2 aliphatic heterocycles. The molecular weight excluding hydrogens is 220 g/mol. The molecular formula is C13H18O4. The zero-order valence-corrected chi connectivity index (χ0v) is 10.4. The van der Waals surface area contributed by atoms with Crippen LogP contribution in [-0.2, 0) is 14.3 Å². The minimum Gasteiger partial charge on any atom is -0.481 e. The molecule has 1 N–H and O–H groups in total. The number of hydrogen-bond acceptors (Lipinski definition) is 4. The van der Waals surface area contributed by atoms with E-state index in [1.165, 1.54) is 0 Å². The third kappa shape index (κ3) is 1.39. The summed E-state index contributed by atoms with van der Waals surface area (Å²) < 4.78 is 10.9. The van der Waals surface area contributed by atoms with Crippen LogP contribution in [0.1, 0.15) is 40.0 Å². The van der Waals surface area contributed by atoms with E-state index in [1.807, 2.05) is 20.8 Å². The molecule has 0 radical (unpaired) electrons. The molecule has 4 nitrogen and oxygen atoms in total. The number of hydrogen-bond donors (Lipinski definition) is 1. The summed E-state index contributed by atoms with van der Waals surface area (Å²) in [5, 5.41) is 9.88. The third-order valence-electron chi connectivity index (χ3n) is 4.53. The van der Waals surface area contributed by atoms with Crippen molar-refractivity contribution >= 4 is 5.97 Å². The fourth-order valence-corrected chi connectivity index (χ4v) is 3.66. The molecule has 3 rings (SSSR count). The highest BCUT2D eigenvalue weighted by atomic mass is 16.6. The van der Waals surface area contributed by atoms with E-state index in [1.54, 1.807) is 0 Å². The molecule has 0 aromatic carbocycles. The first-order valence-electron chi connectivity index (χ1n) is 6.18. The minimum atomic E-state index is -0.406. The summed E-state index contributed by atoms with van der Waals surface area (Å²) in [6.45, 7) is 5.94. The Hall–Kier alpha value is -1.19. The maximum atomic E-state index is 11.9. The molecule has 0 spiro atoms. The van der Waals surface area contributed by atoms with Gasteiger partial charge in [-0.05, 0) is 40.0 Å². The number of ether oxygens (including phenoxy) is 2. The lowest BCUT2D eigenvalue weighted by Crippen LogP contribution is -2.55. The summed E-state index contributed by atoms with van der Waals surface area (Å²) in [6, 6.07) is 0. The summed E-state index contributed by atoms with van der Waals surface area (Å²) in [7, 11) is 0. The number of esters is 1. The number of carbonyl (C=O) groups is 1. The number of fused-ring (bicyclic) bond motifs is 1. The Labute approximate surface area is 101 Å². The van der Waals surface area contributed by atoms with Crippen LogP contribution < -0.4 is 0 Å². The molecule has 3 atom stereocenters. The first-order valence-corrected chi connectivity index (χ1v) is 6.18. The van der Waals surface area contributed by atoms with Crippen LogP contribution in [0.2, 0.25) is 0 Å². The number of rotatable bonds is 0. The maximum absolute atomic E-state index is 11.9. The molecule has 1 aliphatic carbocycles. The van der Waals surface area contributed by atoms with Crippen molar-refractivity contribution in [2.45, 2.75) is 51.2 Å². The van der Waals surface area contributed by atoms with Crippen molar-refractivity contribution in [2.75, 3.05) is 0 Å². The molecule has 2 heterocycles. The van der Waals surface area contributed by atoms with E-state index in [4.69, 9.17) is 9.47 Å². The Balaban J connectivity index is 2.11. The molecule has 17 heavy (non-hydrogen) atoms. The maximum Gasteiger partial charge on any atom is 0.342 e. The SMILES string of the molecule is CC12CCC3C(C1)C(=C(O)OC3(C)C)C(=O)O2. The molecule has 1 saturated heterocycles. The molecule has 1 saturated carbocycles. The standard InChI is InChI=1S/C13H18O4/c1-12(2)8-4-5-13(3)6-7(8)9(10(14)16-12)11(15)17-13/h7-8,14H,4-6H2,1-3H3. The third-order valence-corrected chi connectivity index (χ3v) is 4.53. The second kappa shape index (κ2) is 2.98. The van der Waals surface area contributed by atoms with Gasteiger partial charge in [-0.25, -0.2) is 4.79 Å². The van der Waals surface area contributed by atoms with Crippen molar-refractivity contribution in [1.29, 1.82) is 0 Å². The van der Waals surface area contributed by atoms with Crippen LogP contribution in [0.25, 0.3) is 0 Å². The zero-order chi connectivity index (χ0) is 12.4. The monoisotopic (exact) mass is 238 g/mol. The largest absolute Gasteiger partial charge is 0.481 e. The Morgan fingerprint density at radius 3 is 2.71 bits per heavy atom. The van der Waals surface area contributed by atoms with Crippen LogP contribution in [0.4, 0.5) is 0 Å². The van der Waals surface area contributed by atoms with Crippen LogP contribution in [0.15, 0.2) is 11.5 Å². The summed E-state index contributed by atoms with van der Waals surface area (Å²) >= 11 is 0. The lowest BCUT2D eigenvalue weighted by Gasteiger charge is -2.53. The van der Waals surface area contributed by atoms with Crippen molar-refractivity contribution in [2.24, 2.45) is 11.8 Å². The highest BCUT2D eigenvalue weighted by Crippen LogP contribution is 2.54. The summed E-state index contributed by atoms with van der Waals surface area (Å²) in [5.74, 6) is -0.264. The number of aliphatic hydroxyl groups is 1. The van der Waals surface area contributed by atoms with Gasteiger partial charge in [-0.3, -0.25) is 0 Å². The fraction of sp³-hybridized carbons (Fsp3) is 0.769. The molecule has 0 amide bonds. The number of carbonyl (C=O) groups excluding carboxylic acids is 1. The summed E-state index contributed by atoms with van der Waals surface area (Å²) in [6.07, 6.45) is 2.65. The van der Waals surface area contributed by atoms with Gasteiger partial charge in [0.05, 0.1) is 0 Å². The van der Waals surface area contributed by atoms with Crippen LogP contribution in [0, 0.1) is 11.8 Å². The van der Waals surface area contributed by atoms with E-state index in [0.717, 1.165) is 19.3 Å². The zero-order valence-electron chi connectivity index (χ0n) is 10.4. The highest BCUT2D eigenvalue weighted by Gasteiger charge is 2.57. The van der Waals surface area contributed by atoms with Crippen LogP contribution in [0.3, 0.4) is 0 Å². The first-order chi connectivity index (χ1) is 7.82. The van der Waals surface area contributed by atoms with Crippen molar-refractivity contribution < 1.29 is 19.4 Å². The molecule has 0 aromatic heterocycles. The molecule has 3 aliphatic rings. The van der Waals surface area contributed by atoms with Gasteiger partial charge in [0, 0.05) is 11.8 Å². The van der Waals surface area contributed by atoms with Gasteiger partial charge in [-0.1, -0.05) is 0 Å². The lowest BCUT2D eigenvalue weighted by molar-refractivity contribution is -0.190.